The second kappa shape index (κ2) is 4.39. The number of aliphatic hydroxyl groups excluding tert-OH is 1. The summed E-state index contributed by atoms with van der Waals surface area (Å²) in [6, 6.07) is 3.01. The van der Waals surface area contributed by atoms with E-state index in [1.54, 1.807) is 0 Å². The highest BCUT2D eigenvalue weighted by Crippen LogP contribution is 2.22. The molecule has 0 spiro atoms. The van der Waals surface area contributed by atoms with Crippen LogP contribution in [0.2, 0.25) is 0 Å². The standard InChI is InChI=1S/C10H14FNO2/c1-2-9(12)10(14)6-3-7(11)5-8(13)4-6/h3-5,9-10,13-14H,2,12H2,1H3/t9-,10+/m0/s1. The predicted octanol–water partition coefficient (Wildman–Crippen LogP) is 1.30. The summed E-state index contributed by atoms with van der Waals surface area (Å²) in [4.78, 5) is 0. The Hall–Kier alpha value is -1.13. The molecule has 0 amide bonds. The smallest absolute Gasteiger partial charge is 0.127 e. The Bertz CT molecular complexity index is 297. The van der Waals surface area contributed by atoms with E-state index in [1.165, 1.54) is 12.1 Å². The summed E-state index contributed by atoms with van der Waals surface area (Å²) in [5, 5.41) is 18.7. The Kier molecular flexibility index (Phi) is 3.43. The van der Waals surface area contributed by atoms with Crippen LogP contribution in [0.3, 0.4) is 0 Å². The highest BCUT2D eigenvalue weighted by Gasteiger charge is 2.16. The lowest BCUT2D eigenvalue weighted by Gasteiger charge is -2.17. The van der Waals surface area contributed by atoms with Gasteiger partial charge in [-0.1, -0.05) is 6.92 Å². The summed E-state index contributed by atoms with van der Waals surface area (Å²) in [6.45, 7) is 1.83. The molecule has 0 bridgehead atoms. The first-order chi connectivity index (χ1) is 6.54. The summed E-state index contributed by atoms with van der Waals surface area (Å²) >= 11 is 0. The van der Waals surface area contributed by atoms with Crippen LogP contribution >= 0.6 is 0 Å². The van der Waals surface area contributed by atoms with E-state index in [-0.39, 0.29) is 5.75 Å². The number of phenolic OH excluding ortho intramolecular Hbond substituents is 1. The molecule has 3 nitrogen and oxygen atoms in total. The fraction of sp³-hybridized carbons (Fsp3) is 0.400. The van der Waals surface area contributed by atoms with E-state index in [0.717, 1.165) is 6.07 Å². The minimum atomic E-state index is -0.943. The van der Waals surface area contributed by atoms with Gasteiger partial charge in [-0.3, -0.25) is 0 Å². The van der Waals surface area contributed by atoms with Gasteiger partial charge in [0.05, 0.1) is 6.10 Å². The molecule has 0 fully saturated rings. The van der Waals surface area contributed by atoms with Crippen LogP contribution in [-0.2, 0) is 0 Å². The molecule has 0 heterocycles. The third-order valence-electron chi connectivity index (χ3n) is 2.12. The van der Waals surface area contributed by atoms with Crippen LogP contribution in [-0.4, -0.2) is 16.3 Å². The normalized spacial score (nSPS) is 15.1. The first kappa shape index (κ1) is 10.9. The molecule has 0 unspecified atom stereocenters. The first-order valence-electron chi connectivity index (χ1n) is 4.47. The number of nitrogens with two attached hydrogens (primary N) is 1. The van der Waals surface area contributed by atoms with Crippen LogP contribution in [0.5, 0.6) is 5.75 Å². The highest BCUT2D eigenvalue weighted by molar-refractivity contribution is 5.30. The molecule has 0 aliphatic rings. The third-order valence-corrected chi connectivity index (χ3v) is 2.12. The van der Waals surface area contributed by atoms with Crippen molar-refractivity contribution < 1.29 is 14.6 Å². The maximum absolute atomic E-state index is 12.8. The molecule has 0 aliphatic heterocycles. The average Bonchev–Trinajstić information content (AvgIpc) is 2.14. The number of aromatic hydroxyl groups is 1. The zero-order valence-corrected chi connectivity index (χ0v) is 7.94. The van der Waals surface area contributed by atoms with Crippen molar-refractivity contribution in [1.82, 2.24) is 0 Å². The molecule has 14 heavy (non-hydrogen) atoms. The lowest BCUT2D eigenvalue weighted by atomic mass is 10.0. The van der Waals surface area contributed by atoms with Crippen molar-refractivity contribution in [2.75, 3.05) is 0 Å². The molecule has 1 aromatic rings. The van der Waals surface area contributed by atoms with E-state index in [1.807, 2.05) is 6.92 Å². The average molecular weight is 199 g/mol. The van der Waals surface area contributed by atoms with Crippen molar-refractivity contribution in [2.45, 2.75) is 25.5 Å². The lowest BCUT2D eigenvalue weighted by molar-refractivity contribution is 0.143. The number of benzene rings is 1. The quantitative estimate of drug-likeness (QED) is 0.687. The van der Waals surface area contributed by atoms with E-state index in [4.69, 9.17) is 10.8 Å². The van der Waals surface area contributed by atoms with Crippen LogP contribution in [0, 0.1) is 5.82 Å². The van der Waals surface area contributed by atoms with Crippen molar-refractivity contribution in [1.29, 1.82) is 0 Å². The van der Waals surface area contributed by atoms with Crippen LogP contribution in [0.15, 0.2) is 18.2 Å². The summed E-state index contributed by atoms with van der Waals surface area (Å²) < 4.78 is 12.8. The summed E-state index contributed by atoms with van der Waals surface area (Å²) in [6.07, 6.45) is -0.361. The Morgan fingerprint density at radius 3 is 2.57 bits per heavy atom. The fourth-order valence-corrected chi connectivity index (χ4v) is 1.24. The molecule has 0 saturated heterocycles. The minimum Gasteiger partial charge on any atom is -0.508 e. The van der Waals surface area contributed by atoms with E-state index in [0.29, 0.717) is 12.0 Å². The highest BCUT2D eigenvalue weighted by atomic mass is 19.1. The summed E-state index contributed by atoms with van der Waals surface area (Å²) in [5.41, 5.74) is 5.90. The molecule has 2 atom stereocenters. The molecule has 1 aromatic carbocycles. The van der Waals surface area contributed by atoms with Crippen LogP contribution < -0.4 is 5.73 Å². The third kappa shape index (κ3) is 2.43. The molecule has 0 saturated carbocycles. The van der Waals surface area contributed by atoms with Crippen LogP contribution in [0.25, 0.3) is 0 Å². The molecular weight excluding hydrogens is 185 g/mol. The number of aliphatic hydroxyl groups is 1. The van der Waals surface area contributed by atoms with E-state index >= 15 is 0 Å². The number of phenols is 1. The van der Waals surface area contributed by atoms with E-state index in [9.17, 15) is 9.50 Å². The van der Waals surface area contributed by atoms with Gasteiger partial charge in [-0.15, -0.1) is 0 Å². The SMILES string of the molecule is CC[C@H](N)[C@H](O)c1cc(O)cc(F)c1. The van der Waals surface area contributed by atoms with Gasteiger partial charge in [0.25, 0.3) is 0 Å². The van der Waals surface area contributed by atoms with Gasteiger partial charge in [0.1, 0.15) is 11.6 Å². The van der Waals surface area contributed by atoms with Gasteiger partial charge < -0.3 is 15.9 Å². The topological polar surface area (TPSA) is 66.5 Å². The molecular formula is C10H14FNO2. The van der Waals surface area contributed by atoms with Crippen LogP contribution in [0.1, 0.15) is 25.0 Å². The van der Waals surface area contributed by atoms with E-state index in [2.05, 4.69) is 0 Å². The summed E-state index contributed by atoms with van der Waals surface area (Å²) in [7, 11) is 0. The van der Waals surface area contributed by atoms with Crippen LogP contribution in [0.4, 0.5) is 4.39 Å². The van der Waals surface area contributed by atoms with Gasteiger partial charge in [0, 0.05) is 12.1 Å². The predicted molar refractivity (Wildman–Crippen MR) is 51.3 cm³/mol. The molecule has 0 aliphatic carbocycles. The van der Waals surface area contributed by atoms with Gasteiger partial charge in [-0.2, -0.15) is 0 Å². The van der Waals surface area contributed by atoms with E-state index < -0.39 is 18.0 Å². The van der Waals surface area contributed by atoms with Gasteiger partial charge in [-0.05, 0) is 24.1 Å². The van der Waals surface area contributed by atoms with Crippen molar-refractivity contribution in [3.05, 3.63) is 29.6 Å². The monoisotopic (exact) mass is 199 g/mol. The molecule has 78 valence electrons. The second-order valence-electron chi connectivity index (χ2n) is 3.26. The minimum absolute atomic E-state index is 0.206. The number of rotatable bonds is 3. The van der Waals surface area contributed by atoms with Gasteiger partial charge in [-0.25, -0.2) is 4.39 Å². The zero-order valence-electron chi connectivity index (χ0n) is 7.94. The maximum Gasteiger partial charge on any atom is 0.127 e. The van der Waals surface area contributed by atoms with Crippen molar-refractivity contribution in [3.63, 3.8) is 0 Å². The van der Waals surface area contributed by atoms with Gasteiger partial charge in [0.2, 0.25) is 0 Å². The fourth-order valence-electron chi connectivity index (χ4n) is 1.24. The van der Waals surface area contributed by atoms with Gasteiger partial charge >= 0.3 is 0 Å². The Labute approximate surface area is 82.0 Å². The Morgan fingerprint density at radius 2 is 2.07 bits per heavy atom. The number of halogens is 1. The molecule has 1 rings (SSSR count). The molecule has 0 radical (unpaired) electrons. The first-order valence-corrected chi connectivity index (χ1v) is 4.47. The maximum atomic E-state index is 12.8. The molecule has 4 heteroatoms. The zero-order chi connectivity index (χ0) is 10.7. The summed E-state index contributed by atoms with van der Waals surface area (Å²) in [5.74, 6) is -0.787. The van der Waals surface area contributed by atoms with Gasteiger partial charge in [0.15, 0.2) is 0 Å². The second-order valence-corrected chi connectivity index (χ2v) is 3.26. The Morgan fingerprint density at radius 1 is 1.43 bits per heavy atom. The molecule has 0 aromatic heterocycles. The van der Waals surface area contributed by atoms with Crippen molar-refractivity contribution >= 4 is 0 Å². The Balaban J connectivity index is 2.94. The lowest BCUT2D eigenvalue weighted by Crippen LogP contribution is -2.27. The number of hydrogen-bond acceptors (Lipinski definition) is 3. The van der Waals surface area contributed by atoms with Crippen molar-refractivity contribution in [3.8, 4) is 5.75 Å². The molecule has 4 N–H and O–H groups in total. The largest absolute Gasteiger partial charge is 0.508 e. The van der Waals surface area contributed by atoms with Crippen molar-refractivity contribution in [2.24, 2.45) is 5.73 Å². The number of hydrogen-bond donors (Lipinski definition) is 3.